The van der Waals surface area contributed by atoms with Crippen LogP contribution in [0.25, 0.3) is 0 Å². The van der Waals surface area contributed by atoms with Crippen LogP contribution in [0, 0.1) is 5.92 Å². The van der Waals surface area contributed by atoms with E-state index in [1.807, 2.05) is 39.0 Å². The average Bonchev–Trinajstić information content (AvgIpc) is 2.97. The molecule has 0 aromatic heterocycles. The number of carbonyl (C=O) groups excluding carboxylic acids is 2. The molecule has 0 bridgehead atoms. The molecule has 1 fully saturated rings. The van der Waals surface area contributed by atoms with Gasteiger partial charge in [0.05, 0.1) is 0 Å². The van der Waals surface area contributed by atoms with E-state index in [9.17, 15) is 14.7 Å². The Morgan fingerprint density at radius 2 is 1.96 bits per heavy atom. The Kier molecular flexibility index (Phi) is 5.42. The van der Waals surface area contributed by atoms with Crippen molar-refractivity contribution in [1.82, 2.24) is 10.2 Å². The molecule has 3 atom stereocenters. The maximum Gasteiger partial charge on any atom is 0.254 e. The summed E-state index contributed by atoms with van der Waals surface area (Å²) in [7, 11) is 0. The third kappa shape index (κ3) is 3.55. The number of aliphatic hydroxyl groups excluding tert-OH is 1. The van der Waals surface area contributed by atoms with Crippen molar-refractivity contribution in [3.8, 4) is 0 Å². The normalized spacial score (nSPS) is 23.4. The van der Waals surface area contributed by atoms with Gasteiger partial charge in [0, 0.05) is 24.8 Å². The number of rotatable bonds is 5. The van der Waals surface area contributed by atoms with E-state index in [0.717, 1.165) is 6.42 Å². The fraction of sp³-hybridized carbons (Fsp3) is 0.556. The zero-order valence-corrected chi connectivity index (χ0v) is 14.1. The second-order valence-electron chi connectivity index (χ2n) is 6.62. The molecule has 126 valence electrons. The molecule has 2 N–H and O–H groups in total. The van der Waals surface area contributed by atoms with Crippen LogP contribution in [0.5, 0.6) is 0 Å². The topological polar surface area (TPSA) is 69.6 Å². The quantitative estimate of drug-likeness (QED) is 0.870. The Labute approximate surface area is 137 Å². The second kappa shape index (κ2) is 7.13. The van der Waals surface area contributed by atoms with E-state index < -0.39 is 5.54 Å². The lowest BCUT2D eigenvalue weighted by Crippen LogP contribution is -2.57. The first-order valence-electron chi connectivity index (χ1n) is 8.19. The predicted molar refractivity (Wildman–Crippen MR) is 89.0 cm³/mol. The number of likely N-dealkylation sites (tertiary alicyclic amines) is 1. The van der Waals surface area contributed by atoms with Crippen molar-refractivity contribution in [3.05, 3.63) is 35.9 Å². The molecular weight excluding hydrogens is 292 g/mol. The molecule has 2 rings (SSSR count). The zero-order valence-electron chi connectivity index (χ0n) is 14.1. The van der Waals surface area contributed by atoms with Crippen molar-refractivity contribution in [1.29, 1.82) is 0 Å². The van der Waals surface area contributed by atoms with Gasteiger partial charge in [0.1, 0.15) is 5.54 Å². The molecule has 23 heavy (non-hydrogen) atoms. The van der Waals surface area contributed by atoms with Crippen LogP contribution < -0.4 is 5.32 Å². The molecule has 1 heterocycles. The smallest absolute Gasteiger partial charge is 0.254 e. The number of carbonyl (C=O) groups is 2. The second-order valence-corrected chi connectivity index (χ2v) is 6.62. The number of aliphatic hydroxyl groups is 1. The summed E-state index contributed by atoms with van der Waals surface area (Å²) < 4.78 is 0. The van der Waals surface area contributed by atoms with Gasteiger partial charge in [-0.15, -0.1) is 0 Å². The average molecular weight is 318 g/mol. The van der Waals surface area contributed by atoms with Crippen molar-refractivity contribution in [2.24, 2.45) is 5.92 Å². The molecule has 0 spiro atoms. The Bertz CT molecular complexity index is 561. The molecular formula is C18H26N2O3. The van der Waals surface area contributed by atoms with Crippen LogP contribution >= 0.6 is 0 Å². The maximum atomic E-state index is 12.8. The first-order chi connectivity index (χ1) is 10.9. The van der Waals surface area contributed by atoms with Crippen molar-refractivity contribution in [3.63, 3.8) is 0 Å². The van der Waals surface area contributed by atoms with E-state index >= 15 is 0 Å². The van der Waals surface area contributed by atoms with Gasteiger partial charge in [-0.1, -0.05) is 25.1 Å². The van der Waals surface area contributed by atoms with Crippen LogP contribution in [0.4, 0.5) is 0 Å². The molecule has 1 aromatic carbocycles. The van der Waals surface area contributed by atoms with Gasteiger partial charge in [0.15, 0.2) is 0 Å². The highest BCUT2D eigenvalue weighted by molar-refractivity contribution is 5.99. The molecule has 0 aliphatic carbocycles. The minimum Gasteiger partial charge on any atom is -0.396 e. The lowest BCUT2D eigenvalue weighted by Gasteiger charge is -2.35. The van der Waals surface area contributed by atoms with Gasteiger partial charge in [-0.2, -0.15) is 0 Å². The summed E-state index contributed by atoms with van der Waals surface area (Å²) >= 11 is 0. The summed E-state index contributed by atoms with van der Waals surface area (Å²) in [5, 5.41) is 12.2. The largest absolute Gasteiger partial charge is 0.396 e. The van der Waals surface area contributed by atoms with Crippen LogP contribution in [0.3, 0.4) is 0 Å². The maximum absolute atomic E-state index is 12.8. The molecule has 5 nitrogen and oxygen atoms in total. The highest BCUT2D eigenvalue weighted by Gasteiger charge is 2.46. The van der Waals surface area contributed by atoms with Crippen molar-refractivity contribution in [2.75, 3.05) is 13.2 Å². The first kappa shape index (κ1) is 17.5. The molecule has 1 aliphatic heterocycles. The Hall–Kier alpha value is -1.88. The molecule has 5 heteroatoms. The third-order valence-electron chi connectivity index (χ3n) is 4.90. The SMILES string of the molecule is CC(CO)C(C)NC(=O)C1(C)CCCN1C(=O)c1ccccc1. The van der Waals surface area contributed by atoms with Crippen LogP contribution in [0.2, 0.25) is 0 Å². The van der Waals surface area contributed by atoms with Gasteiger partial charge in [-0.25, -0.2) is 0 Å². The molecule has 0 radical (unpaired) electrons. The minimum atomic E-state index is -0.837. The van der Waals surface area contributed by atoms with Gasteiger partial charge in [0.2, 0.25) is 5.91 Å². The van der Waals surface area contributed by atoms with Crippen LogP contribution in [0.15, 0.2) is 30.3 Å². The summed E-state index contributed by atoms with van der Waals surface area (Å²) in [6.07, 6.45) is 1.46. The Morgan fingerprint density at radius 1 is 1.30 bits per heavy atom. The number of hydrogen-bond acceptors (Lipinski definition) is 3. The highest BCUT2D eigenvalue weighted by Crippen LogP contribution is 2.31. The zero-order chi connectivity index (χ0) is 17.0. The molecule has 1 aromatic rings. The van der Waals surface area contributed by atoms with Crippen molar-refractivity contribution < 1.29 is 14.7 Å². The number of amides is 2. The van der Waals surface area contributed by atoms with E-state index in [2.05, 4.69) is 5.32 Å². The van der Waals surface area contributed by atoms with Gasteiger partial charge in [0.25, 0.3) is 5.91 Å². The molecule has 1 saturated heterocycles. The standard InChI is InChI=1S/C18H26N2O3/c1-13(12-21)14(2)19-17(23)18(3)10-7-11-20(18)16(22)15-8-5-4-6-9-15/h4-6,8-9,13-14,21H,7,10-12H2,1-3H3,(H,19,23). The summed E-state index contributed by atoms with van der Waals surface area (Å²) in [6, 6.07) is 8.92. The summed E-state index contributed by atoms with van der Waals surface area (Å²) in [5.74, 6) is -0.280. The molecule has 1 aliphatic rings. The molecule has 2 amide bonds. The number of nitrogens with one attached hydrogen (secondary N) is 1. The van der Waals surface area contributed by atoms with Crippen LogP contribution in [0.1, 0.15) is 44.0 Å². The molecule has 0 saturated carbocycles. The molecule has 3 unspecified atom stereocenters. The van der Waals surface area contributed by atoms with Crippen LogP contribution in [-0.2, 0) is 4.79 Å². The Balaban J connectivity index is 2.15. The van der Waals surface area contributed by atoms with Crippen molar-refractivity contribution >= 4 is 11.8 Å². The Morgan fingerprint density at radius 3 is 2.57 bits per heavy atom. The fourth-order valence-corrected chi connectivity index (χ4v) is 2.92. The van der Waals surface area contributed by atoms with E-state index in [-0.39, 0.29) is 30.4 Å². The van der Waals surface area contributed by atoms with Gasteiger partial charge in [-0.3, -0.25) is 9.59 Å². The monoisotopic (exact) mass is 318 g/mol. The lowest BCUT2D eigenvalue weighted by atomic mass is 9.95. The number of hydrogen-bond donors (Lipinski definition) is 2. The van der Waals surface area contributed by atoms with Crippen LogP contribution in [-0.4, -0.2) is 46.6 Å². The number of nitrogens with zero attached hydrogens (tertiary/aromatic N) is 1. The minimum absolute atomic E-state index is 0.0187. The summed E-state index contributed by atoms with van der Waals surface area (Å²) in [5.41, 5.74) is -0.235. The van der Waals surface area contributed by atoms with Gasteiger partial charge >= 0.3 is 0 Å². The van der Waals surface area contributed by atoms with Gasteiger partial charge < -0.3 is 15.3 Å². The highest BCUT2D eigenvalue weighted by atomic mass is 16.3. The van der Waals surface area contributed by atoms with Crippen molar-refractivity contribution in [2.45, 2.75) is 45.2 Å². The lowest BCUT2D eigenvalue weighted by molar-refractivity contribution is -0.130. The van der Waals surface area contributed by atoms with E-state index in [0.29, 0.717) is 18.5 Å². The predicted octanol–water partition coefficient (Wildman–Crippen LogP) is 1.81. The number of benzene rings is 1. The first-order valence-corrected chi connectivity index (χ1v) is 8.19. The third-order valence-corrected chi connectivity index (χ3v) is 4.90. The summed E-state index contributed by atoms with van der Waals surface area (Å²) in [6.45, 7) is 6.19. The van der Waals surface area contributed by atoms with E-state index in [1.165, 1.54) is 0 Å². The van der Waals surface area contributed by atoms with Gasteiger partial charge in [-0.05, 0) is 44.7 Å². The fourth-order valence-electron chi connectivity index (χ4n) is 2.92. The summed E-state index contributed by atoms with van der Waals surface area (Å²) in [4.78, 5) is 27.2. The van der Waals surface area contributed by atoms with E-state index in [4.69, 9.17) is 0 Å². The van der Waals surface area contributed by atoms with E-state index in [1.54, 1.807) is 17.0 Å².